The van der Waals surface area contributed by atoms with Gasteiger partial charge in [0.2, 0.25) is 0 Å². The first-order chi connectivity index (χ1) is 11.8. The first-order valence-corrected chi connectivity index (χ1v) is 10.1. The summed E-state index contributed by atoms with van der Waals surface area (Å²) in [5, 5.41) is 16.3. The number of hydrogen-bond acceptors (Lipinski definition) is 4. The van der Waals surface area contributed by atoms with Crippen LogP contribution in [0.25, 0.3) is 0 Å². The zero-order valence-electron chi connectivity index (χ0n) is 14.9. The Morgan fingerprint density at radius 3 is 2.83 bits per heavy atom. The summed E-state index contributed by atoms with van der Waals surface area (Å²) in [4.78, 5) is 4.60. The van der Waals surface area contributed by atoms with Crippen molar-refractivity contribution in [1.29, 1.82) is 0 Å². The molecule has 7 heteroatoms. The van der Waals surface area contributed by atoms with Gasteiger partial charge in [-0.2, -0.15) is 0 Å². The number of aryl methyl sites for hydroxylation is 1. The molecule has 0 atom stereocenters. The van der Waals surface area contributed by atoms with Crippen molar-refractivity contribution in [2.24, 2.45) is 4.99 Å². The van der Waals surface area contributed by atoms with Gasteiger partial charge in [-0.1, -0.05) is 30.7 Å². The second-order valence-corrected chi connectivity index (χ2v) is 6.72. The summed E-state index contributed by atoms with van der Waals surface area (Å²) >= 11 is 1.70. The fourth-order valence-electron chi connectivity index (χ4n) is 3.08. The number of guanidine groups is 1. The number of hydrogen-bond donors (Lipinski definition) is 2. The molecule has 0 radical (unpaired) electrons. The molecule has 1 aromatic heterocycles. The number of rotatable bonds is 9. The van der Waals surface area contributed by atoms with E-state index in [1.807, 2.05) is 6.08 Å². The Bertz CT molecular complexity index is 533. The van der Waals surface area contributed by atoms with E-state index >= 15 is 0 Å². The van der Waals surface area contributed by atoms with E-state index in [-0.39, 0.29) is 0 Å². The van der Waals surface area contributed by atoms with Gasteiger partial charge in [-0.15, -0.1) is 16.8 Å². The van der Waals surface area contributed by atoms with Gasteiger partial charge in [-0.05, 0) is 32.4 Å². The highest BCUT2D eigenvalue weighted by Crippen LogP contribution is 2.33. The van der Waals surface area contributed by atoms with Crippen LogP contribution in [0.1, 0.15) is 50.9 Å². The first-order valence-electron chi connectivity index (χ1n) is 8.91. The van der Waals surface area contributed by atoms with E-state index in [4.69, 9.17) is 0 Å². The van der Waals surface area contributed by atoms with Crippen LogP contribution in [0.2, 0.25) is 0 Å². The van der Waals surface area contributed by atoms with Crippen LogP contribution in [0.4, 0.5) is 0 Å². The van der Waals surface area contributed by atoms with Gasteiger partial charge in [0.15, 0.2) is 11.1 Å². The molecule has 1 heterocycles. The van der Waals surface area contributed by atoms with E-state index in [2.05, 4.69) is 50.1 Å². The average molecular weight is 351 g/mol. The van der Waals surface area contributed by atoms with Crippen molar-refractivity contribution in [2.45, 2.75) is 56.6 Å². The van der Waals surface area contributed by atoms with Crippen molar-refractivity contribution < 1.29 is 0 Å². The van der Waals surface area contributed by atoms with Crippen LogP contribution in [0.3, 0.4) is 0 Å². The topological polar surface area (TPSA) is 67.1 Å². The molecule has 1 saturated carbocycles. The van der Waals surface area contributed by atoms with Crippen molar-refractivity contribution >= 4 is 17.7 Å². The van der Waals surface area contributed by atoms with Crippen molar-refractivity contribution in [3.8, 4) is 0 Å². The van der Waals surface area contributed by atoms with Gasteiger partial charge in [-0.3, -0.25) is 4.99 Å². The quantitative estimate of drug-likeness (QED) is 0.236. The zero-order chi connectivity index (χ0) is 17.2. The predicted octanol–water partition coefficient (Wildman–Crippen LogP) is 2.79. The molecule has 1 aromatic rings. The molecule has 6 nitrogen and oxygen atoms in total. The Kier molecular flexibility index (Phi) is 8.15. The van der Waals surface area contributed by atoms with Gasteiger partial charge in [0.25, 0.3) is 0 Å². The fourth-order valence-corrected chi connectivity index (χ4v) is 3.66. The third-order valence-corrected chi connectivity index (χ3v) is 4.84. The molecule has 24 heavy (non-hydrogen) atoms. The van der Waals surface area contributed by atoms with Crippen molar-refractivity contribution in [1.82, 2.24) is 25.4 Å². The molecule has 0 bridgehead atoms. The lowest BCUT2D eigenvalue weighted by Gasteiger charge is -2.16. The molecule has 1 aliphatic carbocycles. The summed E-state index contributed by atoms with van der Waals surface area (Å²) in [5.41, 5.74) is 0. The lowest BCUT2D eigenvalue weighted by Crippen LogP contribution is -2.37. The van der Waals surface area contributed by atoms with Crippen LogP contribution in [-0.4, -0.2) is 46.6 Å². The fraction of sp³-hybridized carbons (Fsp3) is 0.706. The van der Waals surface area contributed by atoms with E-state index in [1.54, 1.807) is 11.8 Å². The zero-order valence-corrected chi connectivity index (χ0v) is 15.7. The Hall–Kier alpha value is -1.50. The van der Waals surface area contributed by atoms with Gasteiger partial charge in [-0.25, -0.2) is 0 Å². The van der Waals surface area contributed by atoms with Crippen LogP contribution in [0, 0.1) is 0 Å². The number of nitrogens with zero attached hydrogens (tertiary/aromatic N) is 4. The number of aliphatic imine (C=N–C) groups is 1. The molecule has 1 aliphatic rings. The molecular weight excluding hydrogens is 320 g/mol. The second kappa shape index (κ2) is 10.4. The molecule has 2 N–H and O–H groups in total. The highest BCUT2D eigenvalue weighted by atomic mass is 32.2. The van der Waals surface area contributed by atoms with Crippen molar-refractivity contribution in [3.63, 3.8) is 0 Å². The first kappa shape index (κ1) is 18.8. The predicted molar refractivity (Wildman–Crippen MR) is 102 cm³/mol. The summed E-state index contributed by atoms with van der Waals surface area (Å²) in [6, 6.07) is 0.590. The van der Waals surface area contributed by atoms with Gasteiger partial charge >= 0.3 is 0 Å². The summed E-state index contributed by atoms with van der Waals surface area (Å²) in [5.74, 6) is 1.96. The molecular formula is C17H30N6S. The third-order valence-electron chi connectivity index (χ3n) is 4.19. The van der Waals surface area contributed by atoms with Crippen molar-refractivity contribution in [3.05, 3.63) is 18.5 Å². The van der Waals surface area contributed by atoms with E-state index in [1.165, 1.54) is 25.7 Å². The molecule has 0 aromatic carbocycles. The van der Waals surface area contributed by atoms with Crippen LogP contribution in [0.15, 0.2) is 22.8 Å². The minimum atomic E-state index is 0.590. The maximum Gasteiger partial charge on any atom is 0.191 e. The highest BCUT2D eigenvalue weighted by Gasteiger charge is 2.23. The Morgan fingerprint density at radius 2 is 2.17 bits per heavy atom. The Labute approximate surface area is 149 Å². The van der Waals surface area contributed by atoms with E-state index in [9.17, 15) is 0 Å². The van der Waals surface area contributed by atoms with Crippen molar-refractivity contribution in [2.75, 3.05) is 25.9 Å². The molecule has 0 amide bonds. The maximum atomic E-state index is 4.60. The van der Waals surface area contributed by atoms with Gasteiger partial charge in [0.1, 0.15) is 5.82 Å². The lowest BCUT2D eigenvalue weighted by atomic mass is 10.2. The molecule has 2 rings (SSSR count). The standard InChI is InChI=1S/C17H30N6S/c1-4-12-19-16(18-5-2)20-13-8-11-15-21-22-17(24-3)23(15)14-9-6-7-10-14/h4,14H,1,5-13H2,2-3H3,(H2,18,19,20). The monoisotopic (exact) mass is 350 g/mol. The third kappa shape index (κ3) is 5.26. The summed E-state index contributed by atoms with van der Waals surface area (Å²) in [7, 11) is 0. The van der Waals surface area contributed by atoms with E-state index in [0.29, 0.717) is 6.04 Å². The van der Waals surface area contributed by atoms with Gasteiger partial charge < -0.3 is 15.2 Å². The second-order valence-electron chi connectivity index (χ2n) is 5.94. The molecule has 0 unspecified atom stereocenters. The summed E-state index contributed by atoms with van der Waals surface area (Å²) < 4.78 is 2.38. The SMILES string of the molecule is C=CCNC(=NCCCc1nnc(SC)n1C1CCCC1)NCC. The van der Waals surface area contributed by atoms with Crippen LogP contribution in [0.5, 0.6) is 0 Å². The molecule has 0 aliphatic heterocycles. The summed E-state index contributed by atoms with van der Waals surface area (Å²) in [6.07, 6.45) is 11.0. The molecule has 0 spiro atoms. The Balaban J connectivity index is 1.91. The largest absolute Gasteiger partial charge is 0.357 e. The van der Waals surface area contributed by atoms with Gasteiger partial charge in [0, 0.05) is 32.1 Å². The smallest absolute Gasteiger partial charge is 0.191 e. The van der Waals surface area contributed by atoms with E-state index < -0.39 is 0 Å². The van der Waals surface area contributed by atoms with Crippen LogP contribution >= 0.6 is 11.8 Å². The average Bonchev–Trinajstić information content (AvgIpc) is 3.24. The maximum absolute atomic E-state index is 4.60. The minimum Gasteiger partial charge on any atom is -0.357 e. The highest BCUT2D eigenvalue weighted by molar-refractivity contribution is 7.98. The number of nitrogens with one attached hydrogen (secondary N) is 2. The molecule has 0 saturated heterocycles. The lowest BCUT2D eigenvalue weighted by molar-refractivity contribution is 0.461. The minimum absolute atomic E-state index is 0.590. The molecule has 134 valence electrons. The van der Waals surface area contributed by atoms with Gasteiger partial charge in [0.05, 0.1) is 0 Å². The number of aromatic nitrogens is 3. The van der Waals surface area contributed by atoms with Crippen LogP contribution < -0.4 is 10.6 Å². The normalized spacial score (nSPS) is 15.7. The molecule has 1 fully saturated rings. The van der Waals surface area contributed by atoms with Crippen LogP contribution in [-0.2, 0) is 6.42 Å². The Morgan fingerprint density at radius 1 is 1.38 bits per heavy atom. The van der Waals surface area contributed by atoms with E-state index in [0.717, 1.165) is 49.4 Å². The number of thioether (sulfide) groups is 1. The summed E-state index contributed by atoms with van der Waals surface area (Å²) in [6.45, 7) is 8.14.